The predicted molar refractivity (Wildman–Crippen MR) is 100 cm³/mol. The van der Waals surface area contributed by atoms with Crippen molar-refractivity contribution in [3.63, 3.8) is 0 Å². The van der Waals surface area contributed by atoms with E-state index < -0.39 is 17.2 Å². The highest BCUT2D eigenvalue weighted by molar-refractivity contribution is 6.42. The molecule has 134 valence electrons. The van der Waals surface area contributed by atoms with Crippen LogP contribution in [0, 0.1) is 0 Å². The molecule has 8 heteroatoms. The van der Waals surface area contributed by atoms with Gasteiger partial charge in [0.25, 0.3) is 5.56 Å². The number of carbonyl (C=O) groups excluding carboxylic acids is 1. The van der Waals surface area contributed by atoms with Crippen molar-refractivity contribution in [3.8, 4) is 5.69 Å². The van der Waals surface area contributed by atoms with E-state index in [4.69, 9.17) is 27.9 Å². The zero-order valence-corrected chi connectivity index (χ0v) is 15.3. The van der Waals surface area contributed by atoms with Crippen molar-refractivity contribution < 1.29 is 9.53 Å². The van der Waals surface area contributed by atoms with Crippen LogP contribution >= 0.6 is 23.2 Å². The molecule has 3 aromatic rings. The van der Waals surface area contributed by atoms with Gasteiger partial charge in [-0.15, -0.1) is 0 Å². The SMILES string of the molecule is CCOC(=O)Cn1c(=O)n(-c2ccc(Cl)c(Cl)c2)c(=O)c2ccccc21. The molecule has 0 N–H and O–H groups in total. The fraction of sp³-hybridized carbons (Fsp3) is 0.167. The molecule has 6 nitrogen and oxygen atoms in total. The van der Waals surface area contributed by atoms with E-state index in [0.717, 1.165) is 4.57 Å². The van der Waals surface area contributed by atoms with Crippen molar-refractivity contribution in [2.24, 2.45) is 0 Å². The molecule has 1 heterocycles. The summed E-state index contributed by atoms with van der Waals surface area (Å²) in [6, 6.07) is 11.0. The first kappa shape index (κ1) is 18.2. The Morgan fingerprint density at radius 3 is 2.50 bits per heavy atom. The molecule has 0 aliphatic carbocycles. The van der Waals surface area contributed by atoms with Gasteiger partial charge >= 0.3 is 11.7 Å². The van der Waals surface area contributed by atoms with Crippen molar-refractivity contribution in [1.82, 2.24) is 9.13 Å². The Morgan fingerprint density at radius 1 is 1.08 bits per heavy atom. The summed E-state index contributed by atoms with van der Waals surface area (Å²) in [6.45, 7) is 1.56. The Hall–Kier alpha value is -2.57. The fourth-order valence-corrected chi connectivity index (χ4v) is 2.95. The van der Waals surface area contributed by atoms with E-state index in [-0.39, 0.29) is 23.9 Å². The number of halogens is 2. The van der Waals surface area contributed by atoms with Crippen LogP contribution in [-0.2, 0) is 16.1 Å². The van der Waals surface area contributed by atoms with Gasteiger partial charge in [0.2, 0.25) is 0 Å². The molecule has 26 heavy (non-hydrogen) atoms. The van der Waals surface area contributed by atoms with Crippen LogP contribution in [0.2, 0.25) is 10.0 Å². The topological polar surface area (TPSA) is 70.3 Å². The molecule has 0 radical (unpaired) electrons. The van der Waals surface area contributed by atoms with E-state index in [0.29, 0.717) is 15.9 Å². The van der Waals surface area contributed by atoms with Crippen LogP contribution in [0.1, 0.15) is 6.92 Å². The maximum absolute atomic E-state index is 13.0. The average molecular weight is 393 g/mol. The lowest BCUT2D eigenvalue weighted by molar-refractivity contribution is -0.143. The number of fused-ring (bicyclic) bond motifs is 1. The normalized spacial score (nSPS) is 10.9. The van der Waals surface area contributed by atoms with Crippen LogP contribution < -0.4 is 11.2 Å². The third kappa shape index (κ3) is 3.25. The maximum atomic E-state index is 13.0. The first-order valence-electron chi connectivity index (χ1n) is 7.79. The molecule has 1 aromatic heterocycles. The zero-order valence-electron chi connectivity index (χ0n) is 13.7. The molecule has 0 atom stereocenters. The van der Waals surface area contributed by atoms with E-state index >= 15 is 0 Å². The minimum atomic E-state index is -0.667. The van der Waals surface area contributed by atoms with E-state index in [2.05, 4.69) is 0 Å². The minimum Gasteiger partial charge on any atom is -0.465 e. The summed E-state index contributed by atoms with van der Waals surface area (Å²) < 4.78 is 7.10. The second kappa shape index (κ2) is 7.35. The van der Waals surface area contributed by atoms with Gasteiger partial charge in [0.1, 0.15) is 6.54 Å². The number of carbonyl (C=O) groups is 1. The molecular weight excluding hydrogens is 379 g/mol. The molecule has 0 spiro atoms. The minimum absolute atomic E-state index is 0.192. The molecule has 0 amide bonds. The fourth-order valence-electron chi connectivity index (χ4n) is 2.66. The van der Waals surface area contributed by atoms with Crippen LogP contribution in [-0.4, -0.2) is 21.7 Å². The first-order valence-corrected chi connectivity index (χ1v) is 8.55. The molecule has 0 aliphatic rings. The molecule has 2 aromatic carbocycles. The summed E-state index contributed by atoms with van der Waals surface area (Å²) >= 11 is 11.9. The van der Waals surface area contributed by atoms with Crippen LogP contribution in [0.5, 0.6) is 0 Å². The van der Waals surface area contributed by atoms with E-state index in [1.165, 1.54) is 22.8 Å². The van der Waals surface area contributed by atoms with Crippen molar-refractivity contribution in [2.75, 3.05) is 6.61 Å². The van der Waals surface area contributed by atoms with Gasteiger partial charge in [-0.1, -0.05) is 35.3 Å². The van der Waals surface area contributed by atoms with Gasteiger partial charge in [0, 0.05) is 0 Å². The molecule has 0 fully saturated rings. The number of nitrogens with zero attached hydrogens (tertiary/aromatic N) is 2. The van der Waals surface area contributed by atoms with Crippen LogP contribution in [0.25, 0.3) is 16.6 Å². The third-order valence-electron chi connectivity index (χ3n) is 3.80. The first-order chi connectivity index (χ1) is 12.4. The molecule has 0 bridgehead atoms. The van der Waals surface area contributed by atoms with Crippen LogP contribution in [0.15, 0.2) is 52.1 Å². The number of benzene rings is 2. The molecule has 0 saturated heterocycles. The van der Waals surface area contributed by atoms with E-state index in [1.54, 1.807) is 31.2 Å². The number of ether oxygens (including phenoxy) is 1. The molecule has 0 aliphatic heterocycles. The quantitative estimate of drug-likeness (QED) is 0.639. The summed E-state index contributed by atoms with van der Waals surface area (Å²) in [5, 5.41) is 0.805. The summed E-state index contributed by atoms with van der Waals surface area (Å²) in [6.07, 6.45) is 0. The number of rotatable bonds is 4. The monoisotopic (exact) mass is 392 g/mol. The average Bonchev–Trinajstić information content (AvgIpc) is 2.62. The van der Waals surface area contributed by atoms with E-state index in [1.807, 2.05) is 0 Å². The summed E-state index contributed by atoms with van der Waals surface area (Å²) in [5.74, 6) is -0.570. The Bertz CT molecular complexity index is 1120. The van der Waals surface area contributed by atoms with Crippen molar-refractivity contribution in [3.05, 3.63) is 73.3 Å². The van der Waals surface area contributed by atoms with Crippen molar-refractivity contribution in [2.45, 2.75) is 13.5 Å². The predicted octanol–water partition coefficient (Wildman–Crippen LogP) is 3.02. The second-order valence-electron chi connectivity index (χ2n) is 5.43. The summed E-state index contributed by atoms with van der Waals surface area (Å²) in [5.41, 5.74) is -0.561. The smallest absolute Gasteiger partial charge is 0.336 e. The third-order valence-corrected chi connectivity index (χ3v) is 4.54. The maximum Gasteiger partial charge on any atom is 0.336 e. The largest absolute Gasteiger partial charge is 0.465 e. The number of hydrogen-bond donors (Lipinski definition) is 0. The number of esters is 1. The number of aromatic nitrogens is 2. The van der Waals surface area contributed by atoms with Gasteiger partial charge < -0.3 is 4.74 Å². The highest BCUT2D eigenvalue weighted by atomic mass is 35.5. The van der Waals surface area contributed by atoms with Gasteiger partial charge in [-0.2, -0.15) is 0 Å². The summed E-state index contributed by atoms with van der Waals surface area (Å²) in [7, 11) is 0. The number of hydrogen-bond acceptors (Lipinski definition) is 4. The number of para-hydroxylation sites is 1. The van der Waals surface area contributed by atoms with Gasteiger partial charge in [-0.25, -0.2) is 9.36 Å². The van der Waals surface area contributed by atoms with E-state index in [9.17, 15) is 14.4 Å². The van der Waals surface area contributed by atoms with Crippen LogP contribution in [0.4, 0.5) is 0 Å². The zero-order chi connectivity index (χ0) is 18.8. The Labute approximate surface area is 158 Å². The second-order valence-corrected chi connectivity index (χ2v) is 6.24. The van der Waals surface area contributed by atoms with Gasteiger partial charge in [0.05, 0.1) is 33.2 Å². The highest BCUT2D eigenvalue weighted by Gasteiger charge is 2.17. The lowest BCUT2D eigenvalue weighted by atomic mass is 10.2. The van der Waals surface area contributed by atoms with Gasteiger partial charge in [0.15, 0.2) is 0 Å². The molecular formula is C18H14Cl2N2O4. The lowest BCUT2D eigenvalue weighted by Gasteiger charge is -2.14. The molecule has 0 saturated carbocycles. The van der Waals surface area contributed by atoms with Gasteiger partial charge in [-0.05, 0) is 37.3 Å². The Morgan fingerprint density at radius 2 is 1.81 bits per heavy atom. The van der Waals surface area contributed by atoms with Crippen LogP contribution in [0.3, 0.4) is 0 Å². The molecule has 0 unspecified atom stereocenters. The Kier molecular flexibility index (Phi) is 5.15. The summed E-state index contributed by atoms with van der Waals surface area (Å²) in [4.78, 5) is 37.8. The van der Waals surface area contributed by atoms with Crippen molar-refractivity contribution >= 4 is 40.1 Å². The van der Waals surface area contributed by atoms with Gasteiger partial charge in [-0.3, -0.25) is 14.2 Å². The standard InChI is InChI=1S/C18H14Cl2N2O4/c1-2-26-16(23)10-21-15-6-4-3-5-12(15)17(24)22(18(21)25)11-7-8-13(19)14(20)9-11/h3-9H,2,10H2,1H3. The lowest BCUT2D eigenvalue weighted by Crippen LogP contribution is -2.40. The van der Waals surface area contributed by atoms with Crippen molar-refractivity contribution in [1.29, 1.82) is 0 Å². The highest BCUT2D eigenvalue weighted by Crippen LogP contribution is 2.23. The Balaban J connectivity index is 2.33. The molecule has 3 rings (SSSR count).